The number of hydrogen-bond acceptors (Lipinski definition) is 6. The maximum atomic E-state index is 12.8. The van der Waals surface area contributed by atoms with Crippen LogP contribution in [0.25, 0.3) is 0 Å². The summed E-state index contributed by atoms with van der Waals surface area (Å²) in [7, 11) is 0. The van der Waals surface area contributed by atoms with Crippen LogP contribution in [0, 0.1) is 0 Å². The van der Waals surface area contributed by atoms with Crippen LogP contribution in [0.2, 0.25) is 0 Å². The van der Waals surface area contributed by atoms with E-state index >= 15 is 0 Å². The predicted molar refractivity (Wildman–Crippen MR) is 301 cm³/mol. The zero-order valence-corrected chi connectivity index (χ0v) is 43.4. The van der Waals surface area contributed by atoms with Gasteiger partial charge in [0.2, 0.25) is 0 Å². The lowest BCUT2D eigenvalue weighted by Gasteiger charge is -2.18. The van der Waals surface area contributed by atoms with Crippen molar-refractivity contribution in [3.63, 3.8) is 0 Å². The van der Waals surface area contributed by atoms with E-state index in [1.807, 2.05) is 134 Å². The second-order valence-electron chi connectivity index (χ2n) is 16.3. The van der Waals surface area contributed by atoms with E-state index in [9.17, 15) is 14.4 Å². The van der Waals surface area contributed by atoms with E-state index in [0.717, 1.165) is 103 Å². The Balaban J connectivity index is 4.71. The van der Waals surface area contributed by atoms with Gasteiger partial charge in [0.1, 0.15) is 13.2 Å². The van der Waals surface area contributed by atoms with E-state index in [1.165, 1.54) is 0 Å². The number of hydrogen-bond donors (Lipinski definition) is 0. The molecule has 0 aliphatic rings. The summed E-state index contributed by atoms with van der Waals surface area (Å²) in [5.74, 6) is -1.08. The van der Waals surface area contributed by atoms with Crippen LogP contribution < -0.4 is 0 Å². The molecule has 0 bridgehead atoms. The van der Waals surface area contributed by atoms with Crippen molar-refractivity contribution < 1.29 is 28.6 Å². The fourth-order valence-electron chi connectivity index (χ4n) is 6.03. The van der Waals surface area contributed by atoms with Gasteiger partial charge in [-0.05, 0) is 96.3 Å². The Labute approximate surface area is 426 Å². The summed E-state index contributed by atoms with van der Waals surface area (Å²) in [4.78, 5) is 38.1. The summed E-state index contributed by atoms with van der Waals surface area (Å²) in [6, 6.07) is 0. The van der Waals surface area contributed by atoms with E-state index < -0.39 is 6.10 Å². The largest absolute Gasteiger partial charge is 0.462 e. The quantitative estimate of drug-likeness (QED) is 0.0199. The molecule has 0 heterocycles. The number of carbonyl (C=O) groups is 3. The molecule has 0 N–H and O–H groups in total. The third kappa shape index (κ3) is 53.0. The molecule has 0 aromatic heterocycles. The van der Waals surface area contributed by atoms with Crippen molar-refractivity contribution in [2.45, 2.75) is 162 Å². The SMILES string of the molecule is CC\C=C/C=C\C=C/C=C\C=C\C=C/C=C\CCCCCC(=O)OCC(COC(=O)CCCCC/C=C\C/C=C\C/C=C\C/C=C\CC)OC(=O)CCCCC\C=C/C=C/C=C\C=C/C=C\C=C/CC. The number of allylic oxidation sites excluding steroid dienone is 34. The molecule has 0 aromatic rings. The Morgan fingerprint density at radius 1 is 0.300 bits per heavy atom. The maximum absolute atomic E-state index is 12.8. The van der Waals surface area contributed by atoms with Crippen molar-refractivity contribution in [1.29, 1.82) is 0 Å². The molecule has 0 saturated carbocycles. The van der Waals surface area contributed by atoms with Gasteiger partial charge in [-0.1, -0.05) is 247 Å². The molecule has 1 atom stereocenters. The van der Waals surface area contributed by atoms with Crippen molar-refractivity contribution in [2.75, 3.05) is 13.2 Å². The minimum absolute atomic E-state index is 0.142. The van der Waals surface area contributed by atoms with Gasteiger partial charge >= 0.3 is 17.9 Å². The van der Waals surface area contributed by atoms with Crippen LogP contribution in [0.3, 0.4) is 0 Å². The minimum atomic E-state index is -0.849. The van der Waals surface area contributed by atoms with E-state index in [-0.39, 0.29) is 50.4 Å². The van der Waals surface area contributed by atoms with E-state index in [2.05, 4.69) is 93.7 Å². The first-order valence-electron chi connectivity index (χ1n) is 26.3. The lowest BCUT2D eigenvalue weighted by atomic mass is 10.1. The number of ether oxygens (including phenoxy) is 3. The predicted octanol–water partition coefficient (Wildman–Crippen LogP) is 17.7. The Morgan fingerprint density at radius 2 is 0.586 bits per heavy atom. The highest BCUT2D eigenvalue weighted by Gasteiger charge is 2.19. The van der Waals surface area contributed by atoms with Crippen molar-refractivity contribution in [2.24, 2.45) is 0 Å². The summed E-state index contributed by atoms with van der Waals surface area (Å²) >= 11 is 0. The van der Waals surface area contributed by atoms with Gasteiger partial charge in [0.05, 0.1) is 0 Å². The first kappa shape index (κ1) is 64.0. The lowest BCUT2D eigenvalue weighted by molar-refractivity contribution is -0.167. The van der Waals surface area contributed by atoms with Crippen molar-refractivity contribution in [1.82, 2.24) is 0 Å². The number of rotatable bonds is 43. The van der Waals surface area contributed by atoms with Gasteiger partial charge in [0, 0.05) is 19.3 Å². The van der Waals surface area contributed by atoms with Crippen LogP contribution in [0.4, 0.5) is 0 Å². The molecule has 0 aromatic carbocycles. The van der Waals surface area contributed by atoms with Crippen molar-refractivity contribution in [3.8, 4) is 0 Å². The smallest absolute Gasteiger partial charge is 0.306 e. The Kier molecular flexibility index (Phi) is 50.8. The van der Waals surface area contributed by atoms with Crippen molar-refractivity contribution in [3.05, 3.63) is 207 Å². The average molecular weight is 955 g/mol. The molecule has 0 spiro atoms. The molecule has 0 aliphatic carbocycles. The molecule has 382 valence electrons. The topological polar surface area (TPSA) is 78.9 Å². The van der Waals surface area contributed by atoms with Crippen LogP contribution in [0.5, 0.6) is 0 Å². The second-order valence-corrected chi connectivity index (χ2v) is 16.3. The fraction of sp³-hybridized carbons (Fsp3) is 0.422. The highest BCUT2D eigenvalue weighted by molar-refractivity contribution is 5.71. The fourth-order valence-corrected chi connectivity index (χ4v) is 6.03. The molecular formula is C64H90O6. The Morgan fingerprint density at radius 3 is 0.943 bits per heavy atom. The first-order valence-corrected chi connectivity index (χ1v) is 26.3. The van der Waals surface area contributed by atoms with Gasteiger partial charge in [-0.3, -0.25) is 14.4 Å². The van der Waals surface area contributed by atoms with Gasteiger partial charge in [0.25, 0.3) is 0 Å². The third-order valence-electron chi connectivity index (χ3n) is 9.87. The summed E-state index contributed by atoms with van der Waals surface area (Å²) in [6.45, 7) is 6.08. The number of unbranched alkanes of at least 4 members (excludes halogenated alkanes) is 9. The molecule has 6 heteroatoms. The zero-order chi connectivity index (χ0) is 50.7. The molecule has 0 fully saturated rings. The summed E-state index contributed by atoms with van der Waals surface area (Å²) in [5.41, 5.74) is 0. The minimum Gasteiger partial charge on any atom is -0.462 e. The summed E-state index contributed by atoms with van der Waals surface area (Å²) in [6.07, 6.45) is 86.5. The first-order chi connectivity index (χ1) is 34.5. The van der Waals surface area contributed by atoms with Crippen LogP contribution in [-0.2, 0) is 28.6 Å². The molecule has 70 heavy (non-hydrogen) atoms. The third-order valence-corrected chi connectivity index (χ3v) is 9.87. The molecule has 0 rings (SSSR count). The van der Waals surface area contributed by atoms with E-state index in [1.54, 1.807) is 0 Å². The van der Waals surface area contributed by atoms with Crippen LogP contribution in [0.15, 0.2) is 207 Å². The number of esters is 3. The lowest BCUT2D eigenvalue weighted by Crippen LogP contribution is -2.30. The van der Waals surface area contributed by atoms with Gasteiger partial charge < -0.3 is 14.2 Å². The van der Waals surface area contributed by atoms with Gasteiger partial charge in [-0.25, -0.2) is 0 Å². The van der Waals surface area contributed by atoms with Gasteiger partial charge in [-0.15, -0.1) is 0 Å². The normalized spacial score (nSPS) is 13.8. The van der Waals surface area contributed by atoms with E-state index in [4.69, 9.17) is 14.2 Å². The highest BCUT2D eigenvalue weighted by atomic mass is 16.6. The molecule has 0 radical (unpaired) electrons. The van der Waals surface area contributed by atoms with Gasteiger partial charge in [-0.2, -0.15) is 0 Å². The van der Waals surface area contributed by atoms with E-state index in [0.29, 0.717) is 12.8 Å². The van der Waals surface area contributed by atoms with Crippen LogP contribution in [0.1, 0.15) is 156 Å². The molecule has 0 saturated heterocycles. The molecule has 6 nitrogen and oxygen atoms in total. The highest BCUT2D eigenvalue weighted by Crippen LogP contribution is 2.11. The molecule has 1 unspecified atom stereocenters. The number of carbonyl (C=O) groups excluding carboxylic acids is 3. The molecular weight excluding hydrogens is 865 g/mol. The summed E-state index contributed by atoms with van der Waals surface area (Å²) in [5, 5.41) is 0. The van der Waals surface area contributed by atoms with Crippen molar-refractivity contribution >= 4 is 17.9 Å². The van der Waals surface area contributed by atoms with Crippen LogP contribution in [-0.4, -0.2) is 37.2 Å². The Hall–Kier alpha value is -6.01. The monoisotopic (exact) mass is 955 g/mol. The van der Waals surface area contributed by atoms with Crippen LogP contribution >= 0.6 is 0 Å². The Bertz CT molecular complexity index is 1810. The van der Waals surface area contributed by atoms with Gasteiger partial charge in [0.15, 0.2) is 6.10 Å². The average Bonchev–Trinajstić information content (AvgIpc) is 3.36. The summed E-state index contributed by atoms with van der Waals surface area (Å²) < 4.78 is 16.7. The second kappa shape index (κ2) is 55.6. The zero-order valence-electron chi connectivity index (χ0n) is 43.4. The standard InChI is InChI=1S/C64H90O6/c1-4-7-10-13-16-19-22-25-28-31-32-34-36-39-42-45-48-51-54-57-63(66)69-60-61(59-68-62(65)56-53-50-47-44-41-38-35-30-27-24-21-18-15-12-9-6-3)70-64(67)58-55-52-49-46-43-40-37-33-29-26-23-20-17-14-11-8-5-2/h7-14,16-23,25-34,36-43,61H,4-6,15,24,35,44-60H2,1-3H3/b10-7-,11-8-,12-9-,16-13-,17-14-,21-18-,22-19-,23-20-,28-25-,29-26-,30-27-,32-31+,36-34-,37-33+,41-38-,42-39-,43-40-. The molecule has 0 aliphatic heterocycles. The molecule has 0 amide bonds. The maximum Gasteiger partial charge on any atom is 0.306 e.